The number of ether oxygens (including phenoxy) is 1. The average Bonchev–Trinajstić information content (AvgIpc) is 2.78. The van der Waals surface area contributed by atoms with Crippen LogP contribution in [0.15, 0.2) is 73.4 Å². The maximum Gasteiger partial charge on any atom is 0.282 e. The lowest BCUT2D eigenvalue weighted by molar-refractivity contribution is 0.304. The van der Waals surface area contributed by atoms with E-state index in [0.29, 0.717) is 44.1 Å². The van der Waals surface area contributed by atoms with Gasteiger partial charge in [-0.1, -0.05) is 78.1 Å². The van der Waals surface area contributed by atoms with Crippen molar-refractivity contribution in [1.82, 2.24) is 9.66 Å². The topological polar surface area (TPSA) is 56.5 Å². The molecule has 8 heteroatoms. The van der Waals surface area contributed by atoms with Gasteiger partial charge in [-0.05, 0) is 58.7 Å². The number of hydrogen-bond donors (Lipinski definition) is 0. The smallest absolute Gasteiger partial charge is 0.282 e. The summed E-state index contributed by atoms with van der Waals surface area (Å²) in [5.74, 6) is 1.14. The average molecular weight is 618 g/mol. The van der Waals surface area contributed by atoms with Gasteiger partial charge in [0.25, 0.3) is 5.56 Å². The molecule has 0 spiro atoms. The van der Waals surface area contributed by atoms with E-state index in [1.54, 1.807) is 24.4 Å². The van der Waals surface area contributed by atoms with Crippen LogP contribution in [0, 0.1) is 6.92 Å². The van der Waals surface area contributed by atoms with Crippen molar-refractivity contribution in [2.45, 2.75) is 39.7 Å². The van der Waals surface area contributed by atoms with Crippen LogP contribution >= 0.6 is 43.5 Å². The summed E-state index contributed by atoms with van der Waals surface area (Å²) >= 11 is 13.3. The molecule has 0 bridgehead atoms. The van der Waals surface area contributed by atoms with Crippen molar-refractivity contribution in [2.24, 2.45) is 5.10 Å². The Kier molecular flexibility index (Phi) is 7.50. The molecule has 35 heavy (non-hydrogen) atoms. The Morgan fingerprint density at radius 3 is 2.49 bits per heavy atom. The highest BCUT2D eigenvalue weighted by Crippen LogP contribution is 2.33. The molecular formula is C27H24Br2ClN3O2. The number of nitrogens with zero attached hydrogens (tertiary/aromatic N) is 3. The Hall–Kier alpha value is -2.48. The summed E-state index contributed by atoms with van der Waals surface area (Å²) in [5, 5.41) is 5.57. The molecule has 0 saturated carbocycles. The predicted molar refractivity (Wildman–Crippen MR) is 150 cm³/mol. The lowest BCUT2D eigenvalue weighted by atomic mass is 9.95. The van der Waals surface area contributed by atoms with E-state index in [2.05, 4.69) is 37.0 Å². The van der Waals surface area contributed by atoms with Gasteiger partial charge < -0.3 is 4.74 Å². The number of hydrogen-bond acceptors (Lipinski definition) is 4. The molecule has 0 aliphatic rings. The van der Waals surface area contributed by atoms with E-state index >= 15 is 0 Å². The second-order valence-corrected chi connectivity index (χ2v) is 11.5. The molecule has 0 amide bonds. The van der Waals surface area contributed by atoms with E-state index in [-0.39, 0.29) is 5.56 Å². The van der Waals surface area contributed by atoms with E-state index in [1.807, 2.05) is 64.1 Å². The number of halogens is 3. The fourth-order valence-electron chi connectivity index (χ4n) is 3.53. The first-order valence-corrected chi connectivity index (χ1v) is 12.9. The largest absolute Gasteiger partial charge is 0.487 e. The summed E-state index contributed by atoms with van der Waals surface area (Å²) in [6.07, 6.45) is 1.59. The van der Waals surface area contributed by atoms with Gasteiger partial charge in [0.05, 0.1) is 21.6 Å². The minimum Gasteiger partial charge on any atom is -0.487 e. The van der Waals surface area contributed by atoms with Gasteiger partial charge in [0.15, 0.2) is 0 Å². The molecule has 1 heterocycles. The summed E-state index contributed by atoms with van der Waals surface area (Å²) in [5.41, 5.74) is 2.82. The maximum atomic E-state index is 13.4. The van der Waals surface area contributed by atoms with Crippen LogP contribution in [0.1, 0.15) is 43.3 Å². The molecule has 0 saturated heterocycles. The third kappa shape index (κ3) is 5.85. The number of benzene rings is 3. The first-order valence-electron chi connectivity index (χ1n) is 11.0. The maximum absolute atomic E-state index is 13.4. The SMILES string of the molecule is Cc1ccc(COc2c(Br)cc(Cl)cc2C=Nn2c(C(C)(C)C)nc3ccc(Br)cc3c2=O)cc1. The first-order chi connectivity index (χ1) is 16.5. The Morgan fingerprint density at radius 1 is 1.09 bits per heavy atom. The van der Waals surface area contributed by atoms with Crippen LogP contribution in [0.5, 0.6) is 5.75 Å². The molecule has 0 aliphatic heterocycles. The number of aromatic nitrogens is 2. The van der Waals surface area contributed by atoms with Gasteiger partial charge in [0, 0.05) is 20.5 Å². The highest BCUT2D eigenvalue weighted by molar-refractivity contribution is 9.10. The van der Waals surface area contributed by atoms with Crippen LogP contribution < -0.4 is 10.3 Å². The van der Waals surface area contributed by atoms with E-state index in [9.17, 15) is 4.79 Å². The lowest BCUT2D eigenvalue weighted by Gasteiger charge is -2.21. The number of rotatable bonds is 5. The third-order valence-corrected chi connectivity index (χ3v) is 6.63. The minimum absolute atomic E-state index is 0.249. The van der Waals surface area contributed by atoms with Crippen molar-refractivity contribution in [3.8, 4) is 5.75 Å². The third-order valence-electron chi connectivity index (χ3n) is 5.33. The van der Waals surface area contributed by atoms with Crippen LogP contribution in [-0.2, 0) is 12.0 Å². The van der Waals surface area contributed by atoms with E-state index in [0.717, 1.165) is 10.0 Å². The van der Waals surface area contributed by atoms with Gasteiger partial charge in [0.1, 0.15) is 18.2 Å². The van der Waals surface area contributed by atoms with Crippen LogP contribution in [0.25, 0.3) is 10.9 Å². The Balaban J connectivity index is 1.79. The fraction of sp³-hybridized carbons (Fsp3) is 0.222. The number of aryl methyl sites for hydroxylation is 1. The normalized spacial score (nSPS) is 12.0. The van der Waals surface area contributed by atoms with Gasteiger partial charge in [-0.25, -0.2) is 4.98 Å². The summed E-state index contributed by atoms with van der Waals surface area (Å²) in [6.45, 7) is 8.41. The fourth-order valence-corrected chi connectivity index (χ4v) is 4.84. The zero-order valence-electron chi connectivity index (χ0n) is 19.8. The monoisotopic (exact) mass is 615 g/mol. The van der Waals surface area contributed by atoms with Crippen molar-refractivity contribution < 1.29 is 4.74 Å². The quantitative estimate of drug-likeness (QED) is 0.216. The van der Waals surface area contributed by atoms with E-state index in [4.69, 9.17) is 21.3 Å². The van der Waals surface area contributed by atoms with Gasteiger partial charge in [-0.2, -0.15) is 9.78 Å². The molecule has 0 unspecified atom stereocenters. The molecule has 180 valence electrons. The van der Waals surface area contributed by atoms with Crippen molar-refractivity contribution >= 4 is 60.6 Å². The highest BCUT2D eigenvalue weighted by atomic mass is 79.9. The highest BCUT2D eigenvalue weighted by Gasteiger charge is 2.23. The van der Waals surface area contributed by atoms with Crippen LogP contribution in [-0.4, -0.2) is 15.9 Å². The standard InChI is InChI=1S/C27H24Br2ClN3O2/c1-16-5-7-17(8-6-16)15-35-24-18(11-20(30)13-22(24)29)14-31-33-25(34)21-12-19(28)9-10-23(21)32-26(33)27(2,3)4/h5-14H,15H2,1-4H3. The van der Waals surface area contributed by atoms with Crippen molar-refractivity contribution in [2.75, 3.05) is 0 Å². The summed E-state index contributed by atoms with van der Waals surface area (Å²) in [7, 11) is 0. The van der Waals surface area contributed by atoms with Crippen LogP contribution in [0.3, 0.4) is 0 Å². The molecule has 4 aromatic rings. The summed E-state index contributed by atoms with van der Waals surface area (Å²) < 4.78 is 9.00. The zero-order chi connectivity index (χ0) is 25.3. The van der Waals surface area contributed by atoms with E-state index < -0.39 is 5.41 Å². The predicted octanol–water partition coefficient (Wildman–Crippen LogP) is 7.64. The molecular weight excluding hydrogens is 594 g/mol. The zero-order valence-corrected chi connectivity index (χ0v) is 23.7. The molecule has 0 radical (unpaired) electrons. The Morgan fingerprint density at radius 2 is 1.80 bits per heavy atom. The molecule has 4 rings (SSSR count). The van der Waals surface area contributed by atoms with Crippen molar-refractivity contribution in [1.29, 1.82) is 0 Å². The van der Waals surface area contributed by atoms with Gasteiger partial charge >= 0.3 is 0 Å². The minimum atomic E-state index is -0.419. The molecule has 5 nitrogen and oxygen atoms in total. The number of fused-ring (bicyclic) bond motifs is 1. The van der Waals surface area contributed by atoms with Crippen molar-refractivity contribution in [3.63, 3.8) is 0 Å². The molecule has 3 aromatic carbocycles. The van der Waals surface area contributed by atoms with Gasteiger partial charge in [0.2, 0.25) is 0 Å². The second kappa shape index (κ2) is 10.2. The van der Waals surface area contributed by atoms with Gasteiger partial charge in [-0.3, -0.25) is 4.79 Å². The van der Waals surface area contributed by atoms with Crippen molar-refractivity contribution in [3.05, 3.63) is 101 Å². The lowest BCUT2D eigenvalue weighted by Crippen LogP contribution is -2.29. The summed E-state index contributed by atoms with van der Waals surface area (Å²) in [4.78, 5) is 18.2. The summed E-state index contributed by atoms with van der Waals surface area (Å²) in [6, 6.07) is 17.1. The first kappa shape index (κ1) is 25.6. The van der Waals surface area contributed by atoms with Crippen LogP contribution in [0.2, 0.25) is 5.02 Å². The Bertz CT molecular complexity index is 1490. The molecule has 0 aliphatic carbocycles. The van der Waals surface area contributed by atoms with Crippen LogP contribution in [0.4, 0.5) is 0 Å². The molecule has 0 N–H and O–H groups in total. The molecule has 0 atom stereocenters. The Labute approximate surface area is 226 Å². The molecule has 0 fully saturated rings. The van der Waals surface area contributed by atoms with Gasteiger partial charge in [-0.15, -0.1) is 0 Å². The second-order valence-electron chi connectivity index (χ2n) is 9.29. The van der Waals surface area contributed by atoms with E-state index in [1.165, 1.54) is 10.2 Å². The molecule has 1 aromatic heterocycles.